The highest BCUT2D eigenvalue weighted by atomic mass is 35.5. The molecule has 0 atom stereocenters. The minimum absolute atomic E-state index is 0.152. The lowest BCUT2D eigenvalue weighted by molar-refractivity contribution is -0.137. The number of aliphatic carboxylic acids is 1. The van der Waals surface area contributed by atoms with Crippen molar-refractivity contribution in [3.63, 3.8) is 0 Å². The third-order valence-corrected chi connectivity index (χ3v) is 5.54. The van der Waals surface area contributed by atoms with Crippen molar-refractivity contribution in [3.8, 4) is 5.75 Å². The number of methoxy groups -OCH3 is 1. The van der Waals surface area contributed by atoms with Crippen LogP contribution in [0.2, 0.25) is 5.02 Å². The molecule has 5 nitrogen and oxygen atoms in total. The van der Waals surface area contributed by atoms with Crippen LogP contribution in [-0.2, 0) is 11.3 Å². The monoisotopic (exact) mass is 402 g/mol. The average molecular weight is 403 g/mol. The molecule has 0 aromatic heterocycles. The van der Waals surface area contributed by atoms with Crippen LogP contribution >= 0.6 is 11.6 Å². The van der Waals surface area contributed by atoms with Crippen molar-refractivity contribution < 1.29 is 14.6 Å². The summed E-state index contributed by atoms with van der Waals surface area (Å²) in [5.41, 5.74) is 2.32. The van der Waals surface area contributed by atoms with Crippen LogP contribution in [0.5, 0.6) is 5.75 Å². The molecule has 0 spiro atoms. The lowest BCUT2D eigenvalue weighted by Crippen LogP contribution is -2.45. The molecule has 1 fully saturated rings. The zero-order chi connectivity index (χ0) is 19.9. The van der Waals surface area contributed by atoms with Gasteiger partial charge in [-0.05, 0) is 54.8 Å². The number of nitrogens with zero attached hydrogens (tertiary/aromatic N) is 2. The second kappa shape index (κ2) is 9.80. The van der Waals surface area contributed by atoms with Gasteiger partial charge in [0.05, 0.1) is 13.5 Å². The molecule has 28 heavy (non-hydrogen) atoms. The van der Waals surface area contributed by atoms with Gasteiger partial charge in [-0.3, -0.25) is 9.69 Å². The summed E-state index contributed by atoms with van der Waals surface area (Å²) < 4.78 is 5.23. The third kappa shape index (κ3) is 5.63. The summed E-state index contributed by atoms with van der Waals surface area (Å²) in [7, 11) is 1.67. The Morgan fingerprint density at radius 1 is 1.21 bits per heavy atom. The first-order valence-corrected chi connectivity index (χ1v) is 10.0. The Bertz CT molecular complexity index is 774. The number of carboxylic acid groups (broad SMARTS) is 1. The number of benzene rings is 2. The van der Waals surface area contributed by atoms with E-state index in [4.69, 9.17) is 21.4 Å². The van der Waals surface area contributed by atoms with Gasteiger partial charge in [0.2, 0.25) is 0 Å². The van der Waals surface area contributed by atoms with Gasteiger partial charge in [-0.25, -0.2) is 0 Å². The van der Waals surface area contributed by atoms with E-state index in [1.54, 1.807) is 7.11 Å². The first-order chi connectivity index (χ1) is 13.5. The standard InChI is InChI=1S/C22H27ClN2O3/c1-28-21-7-5-19(6-8-21)24-12-9-20(10-13-24)25(14-11-22(26)27)16-17-3-2-4-18(23)15-17/h2-8,15,20H,9-14,16H2,1H3,(H,26,27). The number of hydrogen-bond donors (Lipinski definition) is 1. The SMILES string of the molecule is COc1ccc(N2CCC(N(CCC(=O)O)Cc3cccc(Cl)c3)CC2)cc1. The first-order valence-electron chi connectivity index (χ1n) is 9.64. The van der Waals surface area contributed by atoms with Crippen LogP contribution in [-0.4, -0.2) is 48.8 Å². The van der Waals surface area contributed by atoms with Crippen molar-refractivity contribution in [2.75, 3.05) is 31.6 Å². The Balaban J connectivity index is 1.63. The summed E-state index contributed by atoms with van der Waals surface area (Å²) in [5.74, 6) is 0.103. The van der Waals surface area contributed by atoms with E-state index in [-0.39, 0.29) is 6.42 Å². The van der Waals surface area contributed by atoms with Crippen LogP contribution in [0.25, 0.3) is 0 Å². The Kier molecular flexibility index (Phi) is 7.18. The second-order valence-electron chi connectivity index (χ2n) is 7.16. The molecule has 1 saturated heterocycles. The Labute approximate surface area is 171 Å². The lowest BCUT2D eigenvalue weighted by Gasteiger charge is -2.39. The van der Waals surface area contributed by atoms with Gasteiger partial charge in [0.1, 0.15) is 5.75 Å². The third-order valence-electron chi connectivity index (χ3n) is 5.31. The smallest absolute Gasteiger partial charge is 0.304 e. The van der Waals surface area contributed by atoms with Gasteiger partial charge < -0.3 is 14.7 Å². The molecule has 1 N–H and O–H groups in total. The van der Waals surface area contributed by atoms with E-state index in [1.165, 1.54) is 5.69 Å². The van der Waals surface area contributed by atoms with E-state index in [2.05, 4.69) is 21.9 Å². The Morgan fingerprint density at radius 3 is 2.54 bits per heavy atom. The minimum Gasteiger partial charge on any atom is -0.497 e. The fourth-order valence-electron chi connectivity index (χ4n) is 3.78. The molecule has 2 aromatic rings. The number of carboxylic acids is 1. The topological polar surface area (TPSA) is 53.0 Å². The van der Waals surface area contributed by atoms with E-state index in [1.807, 2.05) is 36.4 Å². The van der Waals surface area contributed by atoms with Crippen molar-refractivity contribution in [3.05, 3.63) is 59.1 Å². The molecule has 0 saturated carbocycles. The highest BCUT2D eigenvalue weighted by Gasteiger charge is 2.25. The first kappa shape index (κ1) is 20.5. The van der Waals surface area contributed by atoms with Crippen LogP contribution in [0.1, 0.15) is 24.8 Å². The van der Waals surface area contributed by atoms with E-state index >= 15 is 0 Å². The van der Waals surface area contributed by atoms with Gasteiger partial charge in [0.15, 0.2) is 0 Å². The zero-order valence-corrected chi connectivity index (χ0v) is 16.9. The number of carbonyl (C=O) groups is 1. The summed E-state index contributed by atoms with van der Waals surface area (Å²) in [6, 6.07) is 16.3. The number of hydrogen-bond acceptors (Lipinski definition) is 4. The van der Waals surface area contributed by atoms with Crippen LogP contribution in [0.3, 0.4) is 0 Å². The predicted octanol–water partition coefficient (Wildman–Crippen LogP) is 4.29. The summed E-state index contributed by atoms with van der Waals surface area (Å²) in [6.07, 6.45) is 2.16. The molecule has 2 aromatic carbocycles. The maximum atomic E-state index is 11.1. The lowest BCUT2D eigenvalue weighted by atomic mass is 10.0. The maximum absolute atomic E-state index is 11.1. The predicted molar refractivity (Wildman–Crippen MR) is 112 cm³/mol. The fourth-order valence-corrected chi connectivity index (χ4v) is 3.99. The van der Waals surface area contributed by atoms with Gasteiger partial charge in [0.25, 0.3) is 0 Å². The fraction of sp³-hybridized carbons (Fsp3) is 0.409. The Morgan fingerprint density at radius 2 is 1.93 bits per heavy atom. The molecule has 6 heteroatoms. The zero-order valence-electron chi connectivity index (χ0n) is 16.2. The highest BCUT2D eigenvalue weighted by molar-refractivity contribution is 6.30. The number of halogens is 1. The summed E-state index contributed by atoms with van der Waals surface area (Å²) in [6.45, 7) is 3.18. The molecule has 0 amide bonds. The molecule has 3 rings (SSSR count). The van der Waals surface area contributed by atoms with Crippen LogP contribution in [0.15, 0.2) is 48.5 Å². The number of rotatable bonds is 8. The molecule has 1 aliphatic heterocycles. The normalized spacial score (nSPS) is 15.0. The average Bonchev–Trinajstić information content (AvgIpc) is 2.71. The van der Waals surface area contributed by atoms with Gasteiger partial charge >= 0.3 is 5.97 Å². The molecule has 0 radical (unpaired) electrons. The van der Waals surface area contributed by atoms with E-state index in [0.717, 1.165) is 43.8 Å². The van der Waals surface area contributed by atoms with Crippen molar-refractivity contribution >= 4 is 23.3 Å². The van der Waals surface area contributed by atoms with Crippen molar-refractivity contribution in [1.29, 1.82) is 0 Å². The quantitative estimate of drug-likeness (QED) is 0.713. The summed E-state index contributed by atoms with van der Waals surface area (Å²) in [4.78, 5) is 15.8. The molecular formula is C22H27ClN2O3. The van der Waals surface area contributed by atoms with E-state index in [0.29, 0.717) is 17.6 Å². The van der Waals surface area contributed by atoms with Crippen molar-refractivity contribution in [2.24, 2.45) is 0 Å². The van der Waals surface area contributed by atoms with Crippen LogP contribution in [0, 0.1) is 0 Å². The molecule has 1 heterocycles. The second-order valence-corrected chi connectivity index (χ2v) is 7.60. The van der Waals surface area contributed by atoms with Crippen molar-refractivity contribution in [2.45, 2.75) is 31.8 Å². The molecule has 150 valence electrons. The van der Waals surface area contributed by atoms with E-state index in [9.17, 15) is 4.79 Å². The molecule has 0 aliphatic carbocycles. The van der Waals surface area contributed by atoms with E-state index < -0.39 is 5.97 Å². The Hall–Kier alpha value is -2.24. The van der Waals surface area contributed by atoms with Gasteiger partial charge in [-0.1, -0.05) is 23.7 Å². The minimum atomic E-state index is -0.758. The largest absolute Gasteiger partial charge is 0.497 e. The van der Waals surface area contributed by atoms with Gasteiger partial charge in [-0.15, -0.1) is 0 Å². The highest BCUT2D eigenvalue weighted by Crippen LogP contribution is 2.26. The summed E-state index contributed by atoms with van der Waals surface area (Å²) >= 11 is 6.12. The van der Waals surface area contributed by atoms with Gasteiger partial charge in [-0.2, -0.15) is 0 Å². The van der Waals surface area contributed by atoms with Crippen molar-refractivity contribution in [1.82, 2.24) is 4.90 Å². The molecule has 1 aliphatic rings. The number of piperidine rings is 1. The maximum Gasteiger partial charge on any atom is 0.304 e. The summed E-state index contributed by atoms with van der Waals surface area (Å²) in [5, 5.41) is 9.85. The van der Waals surface area contributed by atoms with Crippen LogP contribution < -0.4 is 9.64 Å². The van der Waals surface area contributed by atoms with Crippen LogP contribution in [0.4, 0.5) is 5.69 Å². The molecule has 0 unspecified atom stereocenters. The van der Waals surface area contributed by atoms with Gasteiger partial charge in [0, 0.05) is 42.9 Å². The number of ether oxygens (including phenoxy) is 1. The molecular weight excluding hydrogens is 376 g/mol. The number of anilines is 1. The molecule has 0 bridgehead atoms.